The first-order valence-electron chi connectivity index (χ1n) is 7.73. The van der Waals surface area contributed by atoms with Crippen molar-refractivity contribution in [1.29, 1.82) is 0 Å². The van der Waals surface area contributed by atoms with Crippen LogP contribution in [0.3, 0.4) is 0 Å². The molecule has 0 unspecified atom stereocenters. The van der Waals surface area contributed by atoms with Crippen LogP contribution >= 0.6 is 0 Å². The van der Waals surface area contributed by atoms with Gasteiger partial charge in [0.25, 0.3) is 0 Å². The third-order valence-corrected chi connectivity index (χ3v) is 3.79. The zero-order valence-corrected chi connectivity index (χ0v) is 13.1. The maximum Gasteiger partial charge on any atom is 0.224 e. The second-order valence-electron chi connectivity index (χ2n) is 5.87. The highest BCUT2D eigenvalue weighted by atomic mass is 16.3. The molecule has 3 N–H and O–H groups in total. The standard InChI is InChI=1S/C17H22N4O/c1-11-3-4-12(2)14(9-11)19-16-10-15(13-5-6-13)20-17(21-16)18-7-8-22/h3-4,9-10,13,22H,5-8H2,1-2H3,(H2,18,19,20,21). The van der Waals surface area contributed by atoms with Gasteiger partial charge in [-0.3, -0.25) is 0 Å². The largest absolute Gasteiger partial charge is 0.395 e. The molecule has 5 nitrogen and oxygen atoms in total. The Morgan fingerprint density at radius 2 is 2.00 bits per heavy atom. The van der Waals surface area contributed by atoms with Crippen LogP contribution in [-0.2, 0) is 0 Å². The number of nitrogens with one attached hydrogen (secondary N) is 2. The lowest BCUT2D eigenvalue weighted by Crippen LogP contribution is -2.10. The van der Waals surface area contributed by atoms with E-state index in [0.29, 0.717) is 18.4 Å². The Bertz CT molecular complexity index is 668. The van der Waals surface area contributed by atoms with E-state index >= 15 is 0 Å². The molecule has 2 aromatic rings. The van der Waals surface area contributed by atoms with Crippen LogP contribution < -0.4 is 10.6 Å². The van der Waals surface area contributed by atoms with E-state index in [0.717, 1.165) is 17.2 Å². The summed E-state index contributed by atoms with van der Waals surface area (Å²) in [5.74, 6) is 1.93. The van der Waals surface area contributed by atoms with Gasteiger partial charge < -0.3 is 15.7 Å². The van der Waals surface area contributed by atoms with Crippen molar-refractivity contribution in [3.8, 4) is 0 Å². The molecule has 116 valence electrons. The Morgan fingerprint density at radius 1 is 1.18 bits per heavy atom. The summed E-state index contributed by atoms with van der Waals surface area (Å²) in [5.41, 5.74) is 4.53. The molecule has 1 aliphatic rings. The molecule has 5 heteroatoms. The number of hydrogen-bond donors (Lipinski definition) is 3. The molecule has 0 aliphatic heterocycles. The van der Waals surface area contributed by atoms with Gasteiger partial charge in [0.1, 0.15) is 5.82 Å². The zero-order chi connectivity index (χ0) is 15.5. The molecule has 0 radical (unpaired) electrons. The number of hydrogen-bond acceptors (Lipinski definition) is 5. The average Bonchev–Trinajstić information content (AvgIpc) is 3.33. The van der Waals surface area contributed by atoms with Crippen LogP contribution in [0, 0.1) is 13.8 Å². The minimum atomic E-state index is 0.0662. The summed E-state index contributed by atoms with van der Waals surface area (Å²) in [5, 5.41) is 15.4. The van der Waals surface area contributed by atoms with Gasteiger partial charge in [-0.2, -0.15) is 4.98 Å². The molecular weight excluding hydrogens is 276 g/mol. The summed E-state index contributed by atoms with van der Waals surface area (Å²) in [7, 11) is 0. The van der Waals surface area contributed by atoms with Crippen LogP contribution in [0.4, 0.5) is 17.5 Å². The van der Waals surface area contributed by atoms with E-state index in [-0.39, 0.29) is 6.61 Å². The number of benzene rings is 1. The Labute approximate surface area is 130 Å². The molecular formula is C17H22N4O. The molecule has 0 spiro atoms. The Kier molecular flexibility index (Phi) is 4.24. The maximum atomic E-state index is 8.96. The van der Waals surface area contributed by atoms with Crippen molar-refractivity contribution in [2.75, 3.05) is 23.8 Å². The van der Waals surface area contributed by atoms with E-state index in [4.69, 9.17) is 5.11 Å². The Balaban J connectivity index is 1.88. The van der Waals surface area contributed by atoms with Crippen LogP contribution in [-0.4, -0.2) is 28.2 Å². The highest BCUT2D eigenvalue weighted by molar-refractivity contribution is 5.62. The number of aliphatic hydroxyl groups excluding tert-OH is 1. The summed E-state index contributed by atoms with van der Waals surface area (Å²) in [6.45, 7) is 4.68. The van der Waals surface area contributed by atoms with Crippen LogP contribution in [0.5, 0.6) is 0 Å². The summed E-state index contributed by atoms with van der Waals surface area (Å²) < 4.78 is 0. The van der Waals surface area contributed by atoms with Crippen molar-refractivity contribution in [1.82, 2.24) is 9.97 Å². The zero-order valence-electron chi connectivity index (χ0n) is 13.1. The SMILES string of the molecule is Cc1ccc(C)c(Nc2cc(C3CC3)nc(NCCO)n2)c1. The van der Waals surface area contributed by atoms with Crippen LogP contribution in [0.1, 0.15) is 35.6 Å². The molecule has 0 amide bonds. The fraction of sp³-hybridized carbons (Fsp3) is 0.412. The van der Waals surface area contributed by atoms with Gasteiger partial charge in [-0.15, -0.1) is 0 Å². The van der Waals surface area contributed by atoms with Crippen molar-refractivity contribution in [2.45, 2.75) is 32.6 Å². The van der Waals surface area contributed by atoms with E-state index in [9.17, 15) is 0 Å². The first-order chi connectivity index (χ1) is 10.7. The van der Waals surface area contributed by atoms with Crippen molar-refractivity contribution < 1.29 is 5.11 Å². The highest BCUT2D eigenvalue weighted by Crippen LogP contribution is 2.40. The lowest BCUT2D eigenvalue weighted by Gasteiger charge is -2.13. The molecule has 1 aliphatic carbocycles. The fourth-order valence-electron chi connectivity index (χ4n) is 2.37. The van der Waals surface area contributed by atoms with Crippen molar-refractivity contribution in [3.63, 3.8) is 0 Å². The summed E-state index contributed by atoms with van der Waals surface area (Å²) in [4.78, 5) is 9.04. The smallest absolute Gasteiger partial charge is 0.224 e. The first kappa shape index (κ1) is 14.8. The average molecular weight is 298 g/mol. The van der Waals surface area contributed by atoms with Gasteiger partial charge in [-0.1, -0.05) is 12.1 Å². The van der Waals surface area contributed by atoms with Gasteiger partial charge in [0.2, 0.25) is 5.95 Å². The van der Waals surface area contributed by atoms with Gasteiger partial charge >= 0.3 is 0 Å². The molecule has 22 heavy (non-hydrogen) atoms. The quantitative estimate of drug-likeness (QED) is 0.764. The monoisotopic (exact) mass is 298 g/mol. The van der Waals surface area contributed by atoms with Gasteiger partial charge in [0.05, 0.1) is 12.3 Å². The van der Waals surface area contributed by atoms with E-state index in [1.165, 1.54) is 24.0 Å². The molecule has 1 fully saturated rings. The number of anilines is 3. The molecule has 1 aromatic carbocycles. The van der Waals surface area contributed by atoms with Crippen LogP contribution in [0.2, 0.25) is 0 Å². The summed E-state index contributed by atoms with van der Waals surface area (Å²) in [6, 6.07) is 8.36. The number of rotatable bonds is 6. The fourth-order valence-corrected chi connectivity index (χ4v) is 2.37. The first-order valence-corrected chi connectivity index (χ1v) is 7.73. The maximum absolute atomic E-state index is 8.96. The van der Waals surface area contributed by atoms with E-state index < -0.39 is 0 Å². The highest BCUT2D eigenvalue weighted by Gasteiger charge is 2.26. The molecule has 1 aromatic heterocycles. The molecule has 0 bridgehead atoms. The summed E-state index contributed by atoms with van der Waals surface area (Å²) >= 11 is 0. The molecule has 0 saturated heterocycles. The lowest BCUT2D eigenvalue weighted by atomic mass is 10.1. The van der Waals surface area contributed by atoms with E-state index in [2.05, 4.69) is 52.6 Å². The third-order valence-electron chi connectivity index (χ3n) is 3.79. The van der Waals surface area contributed by atoms with Crippen molar-refractivity contribution >= 4 is 17.5 Å². The number of aliphatic hydroxyl groups is 1. The Morgan fingerprint density at radius 3 is 2.73 bits per heavy atom. The van der Waals surface area contributed by atoms with Crippen molar-refractivity contribution in [2.24, 2.45) is 0 Å². The minimum absolute atomic E-state index is 0.0662. The summed E-state index contributed by atoms with van der Waals surface area (Å²) in [6.07, 6.45) is 2.39. The van der Waals surface area contributed by atoms with E-state index in [1.807, 2.05) is 6.07 Å². The minimum Gasteiger partial charge on any atom is -0.395 e. The predicted molar refractivity (Wildman–Crippen MR) is 88.8 cm³/mol. The number of aryl methyl sites for hydroxylation is 2. The number of nitrogens with zero attached hydrogens (tertiary/aromatic N) is 2. The topological polar surface area (TPSA) is 70.1 Å². The molecule has 0 atom stereocenters. The molecule has 1 saturated carbocycles. The predicted octanol–water partition coefficient (Wildman–Crippen LogP) is 3.12. The van der Waals surface area contributed by atoms with Crippen LogP contribution in [0.25, 0.3) is 0 Å². The van der Waals surface area contributed by atoms with Gasteiger partial charge in [-0.05, 0) is 43.9 Å². The second-order valence-corrected chi connectivity index (χ2v) is 5.87. The second kappa shape index (κ2) is 6.32. The van der Waals surface area contributed by atoms with Gasteiger partial charge in [0, 0.05) is 24.2 Å². The van der Waals surface area contributed by atoms with Gasteiger partial charge in [0.15, 0.2) is 0 Å². The van der Waals surface area contributed by atoms with E-state index in [1.54, 1.807) is 0 Å². The third kappa shape index (κ3) is 3.54. The Hall–Kier alpha value is -2.14. The molecule has 1 heterocycles. The normalized spacial score (nSPS) is 14.0. The van der Waals surface area contributed by atoms with Gasteiger partial charge in [-0.25, -0.2) is 4.98 Å². The molecule has 3 rings (SSSR count). The lowest BCUT2D eigenvalue weighted by molar-refractivity contribution is 0.311. The number of aromatic nitrogens is 2. The van der Waals surface area contributed by atoms with Crippen molar-refractivity contribution in [3.05, 3.63) is 41.1 Å². The van der Waals surface area contributed by atoms with Crippen LogP contribution in [0.15, 0.2) is 24.3 Å².